The zero-order valence-electron chi connectivity index (χ0n) is 19.2. The topological polar surface area (TPSA) is 281 Å². The normalized spacial score (nSPS) is 13.9. The molecule has 0 aliphatic rings. The molecule has 1 aromatic heterocycles. The Hall–Kier alpha value is -3.86. The predicted octanol–water partition coefficient (Wildman–Crippen LogP) is -3.72. The zero-order valence-corrected chi connectivity index (χ0v) is 20.1. The van der Waals surface area contributed by atoms with Crippen LogP contribution in [0.2, 0.25) is 0 Å². The first kappa shape index (κ1) is 30.2. The van der Waals surface area contributed by atoms with Crippen LogP contribution in [0.3, 0.4) is 0 Å². The minimum Gasteiger partial charge on any atom is -0.481 e. The number of aliphatic carboxylic acids is 2. The first-order valence-electron chi connectivity index (χ1n) is 10.7. The van der Waals surface area contributed by atoms with Crippen LogP contribution in [0, 0.1) is 0 Å². The summed E-state index contributed by atoms with van der Waals surface area (Å²) in [4.78, 5) is 71.0. The first-order chi connectivity index (χ1) is 16.9. The number of thiol groups is 1. The molecule has 1 heterocycles. The molecule has 36 heavy (non-hydrogen) atoms. The van der Waals surface area contributed by atoms with Gasteiger partial charge in [0.25, 0.3) is 0 Å². The molecule has 1 rings (SSSR count). The summed E-state index contributed by atoms with van der Waals surface area (Å²) in [5, 5.41) is 25.2. The van der Waals surface area contributed by atoms with Crippen molar-refractivity contribution in [3.63, 3.8) is 0 Å². The van der Waals surface area contributed by atoms with Crippen molar-refractivity contribution in [2.75, 3.05) is 12.3 Å². The van der Waals surface area contributed by atoms with Gasteiger partial charge in [0.1, 0.15) is 18.1 Å². The summed E-state index contributed by atoms with van der Waals surface area (Å²) < 4.78 is 0. The summed E-state index contributed by atoms with van der Waals surface area (Å²) in [6, 6.07) is -5.23. The fourth-order valence-corrected chi connectivity index (χ4v) is 3.04. The van der Waals surface area contributed by atoms with Gasteiger partial charge < -0.3 is 48.3 Å². The van der Waals surface area contributed by atoms with E-state index < -0.39 is 60.2 Å². The Labute approximate surface area is 211 Å². The van der Waals surface area contributed by atoms with Crippen molar-refractivity contribution in [3.05, 3.63) is 18.2 Å². The van der Waals surface area contributed by atoms with Crippen molar-refractivity contribution in [1.29, 1.82) is 0 Å². The highest BCUT2D eigenvalue weighted by atomic mass is 32.1. The summed E-state index contributed by atoms with van der Waals surface area (Å²) in [6.07, 6.45) is 2.07. The zero-order chi connectivity index (χ0) is 27.3. The van der Waals surface area contributed by atoms with Crippen LogP contribution in [0.5, 0.6) is 0 Å². The van der Waals surface area contributed by atoms with Gasteiger partial charge in [0.05, 0.1) is 18.8 Å². The number of carbonyl (C=O) groups excluding carboxylic acids is 3. The number of aromatic amines is 1. The smallest absolute Gasteiger partial charge is 0.326 e. The number of rotatable bonds is 16. The summed E-state index contributed by atoms with van der Waals surface area (Å²) in [5.74, 6) is -5.57. The highest BCUT2D eigenvalue weighted by Crippen LogP contribution is 2.05. The minimum absolute atomic E-state index is 0.0141. The van der Waals surface area contributed by atoms with E-state index in [0.29, 0.717) is 5.69 Å². The van der Waals surface area contributed by atoms with Crippen molar-refractivity contribution in [3.8, 4) is 0 Å². The van der Waals surface area contributed by atoms with Gasteiger partial charge in [0.15, 0.2) is 5.96 Å². The summed E-state index contributed by atoms with van der Waals surface area (Å²) >= 11 is 3.96. The second kappa shape index (κ2) is 15.2. The molecule has 4 atom stereocenters. The Balaban J connectivity index is 3.08. The lowest BCUT2D eigenvalue weighted by molar-refractivity contribution is -0.147. The second-order valence-corrected chi connectivity index (χ2v) is 8.00. The number of nitrogens with zero attached hydrogens (tertiary/aromatic N) is 2. The van der Waals surface area contributed by atoms with Gasteiger partial charge in [0, 0.05) is 30.6 Å². The molecule has 0 saturated carbocycles. The van der Waals surface area contributed by atoms with Crippen LogP contribution >= 0.6 is 12.6 Å². The Morgan fingerprint density at radius 2 is 1.64 bits per heavy atom. The number of amides is 3. The molecule has 0 aromatic carbocycles. The van der Waals surface area contributed by atoms with Crippen molar-refractivity contribution in [2.24, 2.45) is 22.2 Å². The Morgan fingerprint density at radius 3 is 2.17 bits per heavy atom. The van der Waals surface area contributed by atoms with Crippen LogP contribution in [-0.2, 0) is 30.4 Å². The SMILES string of the molecule is NC(N)=NCCCC(NC(=O)C(Cc1cnc[nH]1)NC(=O)C(N)CS)C(=O)NC(CC(=O)O)C(=O)O. The second-order valence-electron chi connectivity index (χ2n) is 7.64. The van der Waals surface area contributed by atoms with Crippen LogP contribution in [-0.4, -0.2) is 92.3 Å². The number of imidazole rings is 1. The Kier molecular flexibility index (Phi) is 12.7. The highest BCUT2D eigenvalue weighted by molar-refractivity contribution is 7.80. The molecule has 17 heteroatoms. The summed E-state index contributed by atoms with van der Waals surface area (Å²) in [5.41, 5.74) is 16.7. The monoisotopic (exact) mass is 529 g/mol. The van der Waals surface area contributed by atoms with Crippen LogP contribution in [0.25, 0.3) is 0 Å². The molecule has 1 aromatic rings. The molecule has 0 saturated heterocycles. The van der Waals surface area contributed by atoms with Gasteiger partial charge >= 0.3 is 11.9 Å². The number of aliphatic imine (C=N–C) groups is 1. The van der Waals surface area contributed by atoms with Crippen LogP contribution < -0.4 is 33.2 Å². The van der Waals surface area contributed by atoms with Gasteiger partial charge in [0.2, 0.25) is 17.7 Å². The molecule has 0 bridgehead atoms. The lowest BCUT2D eigenvalue weighted by Crippen LogP contribution is -2.58. The third-order valence-corrected chi connectivity index (χ3v) is 5.11. The van der Waals surface area contributed by atoms with Crippen LogP contribution in [0.4, 0.5) is 0 Å². The van der Waals surface area contributed by atoms with Crippen molar-refractivity contribution >= 4 is 48.2 Å². The van der Waals surface area contributed by atoms with Crippen molar-refractivity contribution in [1.82, 2.24) is 25.9 Å². The van der Waals surface area contributed by atoms with Crippen LogP contribution in [0.15, 0.2) is 17.5 Å². The number of carboxylic acid groups (broad SMARTS) is 2. The van der Waals surface area contributed by atoms with E-state index in [2.05, 4.69) is 43.5 Å². The van der Waals surface area contributed by atoms with E-state index in [1.807, 2.05) is 0 Å². The average Bonchev–Trinajstić information content (AvgIpc) is 3.31. The van der Waals surface area contributed by atoms with Gasteiger partial charge in [-0.3, -0.25) is 24.2 Å². The van der Waals surface area contributed by atoms with Gasteiger partial charge in [-0.1, -0.05) is 0 Å². The molecule has 0 spiro atoms. The lowest BCUT2D eigenvalue weighted by atomic mass is 10.1. The number of hydrogen-bond donors (Lipinski definition) is 10. The number of guanidine groups is 1. The fraction of sp³-hybridized carbons (Fsp3) is 0.526. The van der Waals surface area contributed by atoms with E-state index in [1.165, 1.54) is 12.5 Å². The molecule has 4 unspecified atom stereocenters. The van der Waals surface area contributed by atoms with Crippen molar-refractivity contribution < 1.29 is 34.2 Å². The number of nitrogens with one attached hydrogen (secondary N) is 4. The molecule has 0 aliphatic heterocycles. The minimum atomic E-state index is -1.74. The van der Waals surface area contributed by atoms with E-state index in [-0.39, 0.29) is 37.5 Å². The number of carboxylic acids is 2. The summed E-state index contributed by atoms with van der Waals surface area (Å²) in [7, 11) is 0. The third-order valence-electron chi connectivity index (χ3n) is 4.72. The molecule has 0 radical (unpaired) electrons. The third kappa shape index (κ3) is 11.0. The van der Waals surface area contributed by atoms with E-state index in [1.54, 1.807) is 0 Å². The van der Waals surface area contributed by atoms with Gasteiger partial charge in [-0.2, -0.15) is 12.6 Å². The first-order valence-corrected chi connectivity index (χ1v) is 11.3. The molecular formula is C19H31N9O7S. The van der Waals surface area contributed by atoms with E-state index in [0.717, 1.165) is 0 Å². The number of nitrogens with two attached hydrogens (primary N) is 3. The fourth-order valence-electron chi connectivity index (χ4n) is 2.88. The molecule has 200 valence electrons. The molecule has 12 N–H and O–H groups in total. The molecular weight excluding hydrogens is 498 g/mol. The largest absolute Gasteiger partial charge is 0.481 e. The average molecular weight is 530 g/mol. The van der Waals surface area contributed by atoms with Gasteiger partial charge in [-0.25, -0.2) is 9.78 Å². The number of carbonyl (C=O) groups is 5. The van der Waals surface area contributed by atoms with Gasteiger partial charge in [-0.15, -0.1) is 0 Å². The quantitative estimate of drug-likeness (QED) is 0.0430. The number of H-pyrrole nitrogens is 1. The van der Waals surface area contributed by atoms with E-state index in [9.17, 15) is 29.1 Å². The lowest BCUT2D eigenvalue weighted by Gasteiger charge is -2.24. The highest BCUT2D eigenvalue weighted by Gasteiger charge is 2.31. The molecule has 3 amide bonds. The predicted molar refractivity (Wildman–Crippen MR) is 130 cm³/mol. The molecule has 0 aliphatic carbocycles. The van der Waals surface area contributed by atoms with E-state index in [4.69, 9.17) is 22.3 Å². The molecule has 0 fully saturated rings. The number of aromatic nitrogens is 2. The van der Waals surface area contributed by atoms with Crippen LogP contribution in [0.1, 0.15) is 25.0 Å². The number of hydrogen-bond acceptors (Lipinski definition) is 9. The van der Waals surface area contributed by atoms with Crippen molar-refractivity contribution in [2.45, 2.75) is 49.9 Å². The Bertz CT molecular complexity index is 938. The Morgan fingerprint density at radius 1 is 1.03 bits per heavy atom. The standard InChI is InChI=1S/C19H31N9O7S/c20-10(7-36)15(31)27-12(4-9-6-23-8-25-9)17(33)26-11(2-1-3-24-19(21)22)16(32)28-13(18(34)35)5-14(29)30/h6,8,10-13,36H,1-5,7,20H2,(H,23,25)(H,26,33)(H,27,31)(H,28,32)(H,29,30)(H,34,35)(H4,21,22,24). The molecule has 16 nitrogen and oxygen atoms in total. The maximum absolute atomic E-state index is 13.1. The van der Waals surface area contributed by atoms with E-state index >= 15 is 0 Å². The van der Waals surface area contributed by atoms with Gasteiger partial charge in [-0.05, 0) is 12.8 Å². The maximum Gasteiger partial charge on any atom is 0.326 e. The maximum atomic E-state index is 13.1. The summed E-state index contributed by atoms with van der Waals surface area (Å²) in [6.45, 7) is 0.102.